The highest BCUT2D eigenvalue weighted by molar-refractivity contribution is 7.89. The summed E-state index contributed by atoms with van der Waals surface area (Å²) in [7, 11) is -3.71. The smallest absolute Gasteiger partial charge is 0.341 e. The Morgan fingerprint density at radius 3 is 2.38 bits per heavy atom. The van der Waals surface area contributed by atoms with Gasteiger partial charge in [-0.2, -0.15) is 13.5 Å². The van der Waals surface area contributed by atoms with Crippen LogP contribution in [0.25, 0.3) is 0 Å². The van der Waals surface area contributed by atoms with Crippen molar-refractivity contribution < 1.29 is 23.1 Å². The van der Waals surface area contributed by atoms with Gasteiger partial charge in [-0.1, -0.05) is 17.7 Å². The van der Waals surface area contributed by atoms with Crippen molar-refractivity contribution in [2.45, 2.75) is 11.8 Å². The number of sulfonamides is 1. The van der Waals surface area contributed by atoms with Gasteiger partial charge in [-0.15, -0.1) is 0 Å². The molecule has 0 fully saturated rings. The molecule has 0 aliphatic rings. The zero-order valence-electron chi connectivity index (χ0n) is 12.8. The number of nitrogens with one attached hydrogen (secondary N) is 1. The van der Waals surface area contributed by atoms with Gasteiger partial charge in [-0.25, -0.2) is 9.63 Å². The first kappa shape index (κ1) is 17.5. The number of aliphatic carboxylic acids is 1. The number of carboxylic acid groups (broad SMARTS) is 1. The van der Waals surface area contributed by atoms with E-state index in [2.05, 4.69) is 9.93 Å². The summed E-state index contributed by atoms with van der Waals surface area (Å²) < 4.78 is 29.1. The van der Waals surface area contributed by atoms with E-state index in [9.17, 15) is 13.2 Å². The number of hydrogen-bond donors (Lipinski definition) is 2. The molecule has 0 aliphatic heterocycles. The Kier molecular flexibility index (Phi) is 5.54. The zero-order chi connectivity index (χ0) is 17.6. The van der Waals surface area contributed by atoms with Gasteiger partial charge >= 0.3 is 5.97 Å². The summed E-state index contributed by atoms with van der Waals surface area (Å²) in [4.78, 5) is 12.7. The lowest BCUT2D eigenvalue weighted by molar-refractivity contribution is -0.139. The molecule has 2 aromatic rings. The number of carbonyl (C=O) groups is 1. The first-order chi connectivity index (χ1) is 11.4. The van der Waals surface area contributed by atoms with Crippen LogP contribution in [-0.4, -0.2) is 32.3 Å². The average Bonchev–Trinajstić information content (AvgIpc) is 2.54. The van der Waals surface area contributed by atoms with Crippen LogP contribution < -0.4 is 9.57 Å². The molecule has 2 N–H and O–H groups in total. The molecule has 0 spiro atoms. The van der Waals surface area contributed by atoms with Crippen LogP contribution in [0.15, 0.2) is 58.5 Å². The fraction of sp³-hybridized carbons (Fsp3) is 0.125. The van der Waals surface area contributed by atoms with E-state index < -0.39 is 22.6 Å². The van der Waals surface area contributed by atoms with Crippen LogP contribution in [-0.2, 0) is 14.8 Å². The minimum Gasteiger partial charge on any atom is -0.482 e. The van der Waals surface area contributed by atoms with Crippen molar-refractivity contribution in [1.82, 2.24) is 4.83 Å². The molecular weight excluding hydrogens is 332 g/mol. The van der Waals surface area contributed by atoms with Crippen LogP contribution in [0.2, 0.25) is 0 Å². The van der Waals surface area contributed by atoms with Crippen LogP contribution in [0, 0.1) is 6.92 Å². The van der Waals surface area contributed by atoms with Gasteiger partial charge in [0, 0.05) is 0 Å². The third kappa shape index (κ3) is 5.10. The topological polar surface area (TPSA) is 105 Å². The Balaban J connectivity index is 1.98. The zero-order valence-corrected chi connectivity index (χ0v) is 13.7. The number of rotatable bonds is 7. The number of nitrogens with zero attached hydrogens (tertiary/aromatic N) is 1. The predicted molar refractivity (Wildman–Crippen MR) is 88.7 cm³/mol. The lowest BCUT2D eigenvalue weighted by Crippen LogP contribution is -2.18. The lowest BCUT2D eigenvalue weighted by Gasteiger charge is -2.04. The van der Waals surface area contributed by atoms with Crippen molar-refractivity contribution in [2.75, 3.05) is 6.61 Å². The molecular formula is C16H16N2O5S. The molecule has 0 saturated carbocycles. The number of ether oxygens (including phenoxy) is 1. The molecule has 0 aliphatic carbocycles. The summed E-state index contributed by atoms with van der Waals surface area (Å²) in [5, 5.41) is 12.2. The van der Waals surface area contributed by atoms with Gasteiger partial charge in [-0.3, -0.25) is 0 Å². The minimum atomic E-state index is -3.71. The monoisotopic (exact) mass is 348 g/mol. The van der Waals surface area contributed by atoms with Crippen molar-refractivity contribution in [3.8, 4) is 5.75 Å². The molecule has 2 aromatic carbocycles. The van der Waals surface area contributed by atoms with Gasteiger partial charge in [0.05, 0.1) is 11.1 Å². The van der Waals surface area contributed by atoms with Crippen LogP contribution in [0.5, 0.6) is 5.75 Å². The van der Waals surface area contributed by atoms with Gasteiger partial charge < -0.3 is 9.84 Å². The molecule has 0 unspecified atom stereocenters. The van der Waals surface area contributed by atoms with E-state index in [0.717, 1.165) is 5.56 Å². The predicted octanol–water partition coefficient (Wildman–Crippen LogP) is 1.77. The number of aryl methyl sites for hydroxylation is 1. The highest BCUT2D eigenvalue weighted by Gasteiger charge is 2.11. The molecule has 2 rings (SSSR count). The van der Waals surface area contributed by atoms with E-state index in [1.54, 1.807) is 36.4 Å². The van der Waals surface area contributed by atoms with E-state index in [0.29, 0.717) is 11.3 Å². The van der Waals surface area contributed by atoms with E-state index in [1.165, 1.54) is 18.3 Å². The maximum Gasteiger partial charge on any atom is 0.341 e. The van der Waals surface area contributed by atoms with Crippen molar-refractivity contribution in [1.29, 1.82) is 0 Å². The number of hydrogen-bond acceptors (Lipinski definition) is 5. The van der Waals surface area contributed by atoms with E-state index in [-0.39, 0.29) is 4.90 Å². The lowest BCUT2D eigenvalue weighted by atomic mass is 10.2. The van der Waals surface area contributed by atoms with Gasteiger partial charge in [0.25, 0.3) is 10.0 Å². The fourth-order valence-corrected chi connectivity index (χ4v) is 2.53. The minimum absolute atomic E-state index is 0.127. The van der Waals surface area contributed by atoms with Gasteiger partial charge in [0.2, 0.25) is 0 Å². The summed E-state index contributed by atoms with van der Waals surface area (Å²) in [5.74, 6) is -0.666. The summed E-state index contributed by atoms with van der Waals surface area (Å²) in [6.45, 7) is 1.44. The SMILES string of the molecule is Cc1ccc(S(=O)(=O)NN=Cc2ccc(OCC(=O)O)cc2)cc1. The fourth-order valence-electron chi connectivity index (χ4n) is 1.74. The first-order valence-corrected chi connectivity index (χ1v) is 8.41. The van der Waals surface area contributed by atoms with Crippen molar-refractivity contribution in [3.05, 3.63) is 59.7 Å². The number of carboxylic acids is 1. The number of hydrazone groups is 1. The van der Waals surface area contributed by atoms with Gasteiger partial charge in [0.15, 0.2) is 6.61 Å². The van der Waals surface area contributed by atoms with Crippen LogP contribution in [0.1, 0.15) is 11.1 Å². The molecule has 0 aromatic heterocycles. The second-order valence-corrected chi connectivity index (χ2v) is 6.58. The normalized spacial score (nSPS) is 11.4. The molecule has 0 atom stereocenters. The Morgan fingerprint density at radius 2 is 1.79 bits per heavy atom. The Morgan fingerprint density at radius 1 is 1.17 bits per heavy atom. The third-order valence-electron chi connectivity index (χ3n) is 2.96. The third-order valence-corrected chi connectivity index (χ3v) is 4.20. The van der Waals surface area contributed by atoms with Crippen LogP contribution >= 0.6 is 0 Å². The van der Waals surface area contributed by atoms with Crippen LogP contribution in [0.3, 0.4) is 0 Å². The molecule has 0 radical (unpaired) electrons. The summed E-state index contributed by atoms with van der Waals surface area (Å²) in [5.41, 5.74) is 1.59. The van der Waals surface area contributed by atoms with Crippen molar-refractivity contribution in [3.63, 3.8) is 0 Å². The molecule has 8 heteroatoms. The van der Waals surface area contributed by atoms with Crippen molar-refractivity contribution in [2.24, 2.45) is 5.10 Å². The molecule has 24 heavy (non-hydrogen) atoms. The Hall–Kier alpha value is -2.87. The summed E-state index contributed by atoms with van der Waals surface area (Å²) in [6, 6.07) is 12.8. The first-order valence-electron chi connectivity index (χ1n) is 6.93. The summed E-state index contributed by atoms with van der Waals surface area (Å²) in [6.07, 6.45) is 1.34. The molecule has 0 saturated heterocycles. The maximum absolute atomic E-state index is 12.0. The van der Waals surface area contributed by atoms with Gasteiger partial charge in [-0.05, 0) is 48.9 Å². The highest BCUT2D eigenvalue weighted by Crippen LogP contribution is 2.12. The maximum atomic E-state index is 12.0. The Bertz CT molecular complexity index is 828. The van der Waals surface area contributed by atoms with E-state index in [4.69, 9.17) is 9.84 Å². The largest absolute Gasteiger partial charge is 0.482 e. The van der Waals surface area contributed by atoms with E-state index >= 15 is 0 Å². The van der Waals surface area contributed by atoms with Gasteiger partial charge in [0.1, 0.15) is 5.75 Å². The molecule has 7 nitrogen and oxygen atoms in total. The highest BCUT2D eigenvalue weighted by atomic mass is 32.2. The molecule has 126 valence electrons. The van der Waals surface area contributed by atoms with E-state index in [1.807, 2.05) is 6.92 Å². The quantitative estimate of drug-likeness (QED) is 0.586. The molecule has 0 bridgehead atoms. The standard InChI is InChI=1S/C16H16N2O5S/c1-12-2-8-15(9-3-12)24(21,22)18-17-10-13-4-6-14(7-5-13)23-11-16(19)20/h2-10,18H,11H2,1H3,(H,19,20). The number of benzene rings is 2. The Labute approximate surface area is 139 Å². The molecule has 0 heterocycles. The molecule has 0 amide bonds. The van der Waals surface area contributed by atoms with Crippen molar-refractivity contribution >= 4 is 22.2 Å². The second-order valence-electron chi connectivity index (χ2n) is 4.92. The second kappa shape index (κ2) is 7.60. The summed E-state index contributed by atoms with van der Waals surface area (Å²) >= 11 is 0. The van der Waals surface area contributed by atoms with Crippen LogP contribution in [0.4, 0.5) is 0 Å². The average molecular weight is 348 g/mol.